The second-order valence-corrected chi connectivity index (χ2v) is 4.86. The quantitative estimate of drug-likeness (QED) is 0.753. The van der Waals surface area contributed by atoms with Crippen LogP contribution in [0.2, 0.25) is 0 Å². The van der Waals surface area contributed by atoms with Gasteiger partial charge in [-0.1, -0.05) is 18.2 Å². The summed E-state index contributed by atoms with van der Waals surface area (Å²) < 4.78 is 0. The first-order valence-electron chi connectivity index (χ1n) is 6.46. The van der Waals surface area contributed by atoms with E-state index in [9.17, 15) is 9.90 Å². The molecule has 2 rings (SSSR count). The summed E-state index contributed by atoms with van der Waals surface area (Å²) in [6.45, 7) is 3.11. The summed E-state index contributed by atoms with van der Waals surface area (Å²) in [6, 6.07) is 7.46. The van der Waals surface area contributed by atoms with E-state index in [2.05, 4.69) is 17.6 Å². The van der Waals surface area contributed by atoms with Gasteiger partial charge in [0.2, 0.25) is 5.91 Å². The standard InChI is InChI=1S/C14H20N2O2/c1-10-12(6-4-8-15-10)16-14(18)9-11-5-2-3-7-13(11)17/h2-3,5,7,10,12,15,17H,4,6,8-9H2,1H3,(H,16,18). The highest BCUT2D eigenvalue weighted by Gasteiger charge is 2.22. The second-order valence-electron chi connectivity index (χ2n) is 4.86. The summed E-state index contributed by atoms with van der Waals surface area (Å²) in [7, 11) is 0. The first-order valence-corrected chi connectivity index (χ1v) is 6.46. The van der Waals surface area contributed by atoms with Crippen molar-refractivity contribution in [2.24, 2.45) is 0 Å². The van der Waals surface area contributed by atoms with Gasteiger partial charge in [0.1, 0.15) is 5.75 Å². The van der Waals surface area contributed by atoms with E-state index < -0.39 is 0 Å². The summed E-state index contributed by atoms with van der Waals surface area (Å²) >= 11 is 0. The van der Waals surface area contributed by atoms with E-state index in [1.54, 1.807) is 18.2 Å². The number of carbonyl (C=O) groups is 1. The zero-order chi connectivity index (χ0) is 13.0. The number of benzene rings is 1. The van der Waals surface area contributed by atoms with E-state index in [1.165, 1.54) is 0 Å². The topological polar surface area (TPSA) is 61.4 Å². The number of aromatic hydroxyl groups is 1. The molecule has 3 N–H and O–H groups in total. The van der Waals surface area contributed by atoms with E-state index in [1.807, 2.05) is 6.07 Å². The van der Waals surface area contributed by atoms with Crippen LogP contribution in [-0.2, 0) is 11.2 Å². The summed E-state index contributed by atoms with van der Waals surface area (Å²) in [6.07, 6.45) is 2.34. The molecule has 0 spiro atoms. The van der Waals surface area contributed by atoms with E-state index in [0.29, 0.717) is 11.6 Å². The maximum absolute atomic E-state index is 11.9. The Hall–Kier alpha value is -1.55. The Bertz CT molecular complexity index is 420. The smallest absolute Gasteiger partial charge is 0.224 e. The number of phenols is 1. The zero-order valence-electron chi connectivity index (χ0n) is 10.6. The minimum atomic E-state index is -0.0305. The summed E-state index contributed by atoms with van der Waals surface area (Å²) in [5.41, 5.74) is 0.673. The van der Waals surface area contributed by atoms with Crippen molar-refractivity contribution in [1.82, 2.24) is 10.6 Å². The Morgan fingerprint density at radius 2 is 2.28 bits per heavy atom. The zero-order valence-corrected chi connectivity index (χ0v) is 10.6. The Morgan fingerprint density at radius 3 is 3.00 bits per heavy atom. The number of piperidine rings is 1. The minimum Gasteiger partial charge on any atom is -0.508 e. The van der Waals surface area contributed by atoms with Crippen LogP contribution in [0.5, 0.6) is 5.75 Å². The van der Waals surface area contributed by atoms with Gasteiger partial charge in [-0.2, -0.15) is 0 Å². The Morgan fingerprint density at radius 1 is 1.50 bits per heavy atom. The lowest BCUT2D eigenvalue weighted by Crippen LogP contribution is -2.52. The molecule has 1 aliphatic rings. The molecule has 0 radical (unpaired) electrons. The summed E-state index contributed by atoms with van der Waals surface area (Å²) in [5.74, 6) is 0.152. The number of hydrogen-bond acceptors (Lipinski definition) is 3. The van der Waals surface area contributed by atoms with Gasteiger partial charge in [0.05, 0.1) is 6.42 Å². The van der Waals surface area contributed by atoms with Crippen molar-refractivity contribution < 1.29 is 9.90 Å². The SMILES string of the molecule is CC1NCCCC1NC(=O)Cc1ccccc1O. The van der Waals surface area contributed by atoms with Crippen molar-refractivity contribution in [1.29, 1.82) is 0 Å². The van der Waals surface area contributed by atoms with Crippen molar-refractivity contribution in [3.8, 4) is 5.75 Å². The molecule has 18 heavy (non-hydrogen) atoms. The monoisotopic (exact) mass is 248 g/mol. The fourth-order valence-corrected chi connectivity index (χ4v) is 2.33. The van der Waals surface area contributed by atoms with Gasteiger partial charge in [-0.05, 0) is 32.4 Å². The number of para-hydroxylation sites is 1. The van der Waals surface area contributed by atoms with Crippen LogP contribution in [0.3, 0.4) is 0 Å². The molecule has 0 bridgehead atoms. The molecule has 0 aliphatic carbocycles. The Labute approximate surface area is 107 Å². The number of amides is 1. The molecule has 4 heteroatoms. The normalized spacial score (nSPS) is 23.6. The van der Waals surface area contributed by atoms with Crippen LogP contribution in [0.25, 0.3) is 0 Å². The van der Waals surface area contributed by atoms with Gasteiger partial charge in [0.15, 0.2) is 0 Å². The maximum atomic E-state index is 11.9. The molecule has 2 unspecified atom stereocenters. The van der Waals surface area contributed by atoms with Crippen LogP contribution in [0.4, 0.5) is 0 Å². The molecule has 1 aromatic carbocycles. The molecule has 1 heterocycles. The van der Waals surface area contributed by atoms with Gasteiger partial charge in [-0.25, -0.2) is 0 Å². The third-order valence-corrected chi connectivity index (χ3v) is 3.45. The molecular formula is C14H20N2O2. The van der Waals surface area contributed by atoms with Crippen LogP contribution < -0.4 is 10.6 Å². The molecule has 4 nitrogen and oxygen atoms in total. The van der Waals surface area contributed by atoms with Crippen molar-refractivity contribution >= 4 is 5.91 Å². The highest BCUT2D eigenvalue weighted by atomic mass is 16.3. The average Bonchev–Trinajstić information content (AvgIpc) is 2.35. The van der Waals surface area contributed by atoms with E-state index in [0.717, 1.165) is 19.4 Å². The van der Waals surface area contributed by atoms with Crippen LogP contribution in [-0.4, -0.2) is 29.6 Å². The summed E-state index contributed by atoms with van der Waals surface area (Å²) in [4.78, 5) is 11.9. The third kappa shape index (κ3) is 3.23. The molecule has 0 aromatic heterocycles. The lowest BCUT2D eigenvalue weighted by Gasteiger charge is -2.30. The van der Waals surface area contributed by atoms with Crippen molar-refractivity contribution in [3.05, 3.63) is 29.8 Å². The maximum Gasteiger partial charge on any atom is 0.224 e. The van der Waals surface area contributed by atoms with E-state index >= 15 is 0 Å². The number of carbonyl (C=O) groups excluding carboxylic acids is 1. The van der Waals surface area contributed by atoms with Crippen LogP contribution in [0.1, 0.15) is 25.3 Å². The number of hydrogen-bond donors (Lipinski definition) is 3. The molecule has 98 valence electrons. The van der Waals surface area contributed by atoms with Crippen LogP contribution >= 0.6 is 0 Å². The molecule has 1 saturated heterocycles. The predicted octanol–water partition coefficient (Wildman–Crippen LogP) is 1.19. The van der Waals surface area contributed by atoms with Crippen molar-refractivity contribution in [2.75, 3.05) is 6.54 Å². The van der Waals surface area contributed by atoms with Gasteiger partial charge in [0, 0.05) is 17.6 Å². The first-order chi connectivity index (χ1) is 8.66. The molecule has 1 aromatic rings. The van der Waals surface area contributed by atoms with Crippen LogP contribution in [0, 0.1) is 0 Å². The minimum absolute atomic E-state index is 0.0305. The molecule has 1 fully saturated rings. The summed E-state index contributed by atoms with van der Waals surface area (Å²) in [5, 5.41) is 16.0. The number of phenolic OH excluding ortho intramolecular Hbond substituents is 1. The molecular weight excluding hydrogens is 228 g/mol. The van der Waals surface area contributed by atoms with Gasteiger partial charge in [-0.3, -0.25) is 4.79 Å². The van der Waals surface area contributed by atoms with Crippen molar-refractivity contribution in [2.45, 2.75) is 38.3 Å². The first kappa shape index (κ1) is 12.9. The van der Waals surface area contributed by atoms with Gasteiger partial charge in [-0.15, -0.1) is 0 Å². The molecule has 0 saturated carbocycles. The van der Waals surface area contributed by atoms with Gasteiger partial charge in [0.25, 0.3) is 0 Å². The highest BCUT2D eigenvalue weighted by molar-refractivity contribution is 5.79. The lowest BCUT2D eigenvalue weighted by atomic mass is 9.99. The molecule has 2 atom stereocenters. The number of rotatable bonds is 3. The van der Waals surface area contributed by atoms with Crippen LogP contribution in [0.15, 0.2) is 24.3 Å². The fraction of sp³-hybridized carbons (Fsp3) is 0.500. The average molecular weight is 248 g/mol. The van der Waals surface area contributed by atoms with E-state index in [4.69, 9.17) is 0 Å². The third-order valence-electron chi connectivity index (χ3n) is 3.45. The Kier molecular flexibility index (Phi) is 4.20. The lowest BCUT2D eigenvalue weighted by molar-refractivity contribution is -0.121. The number of nitrogens with one attached hydrogen (secondary N) is 2. The Balaban J connectivity index is 1.90. The second kappa shape index (κ2) is 5.87. The predicted molar refractivity (Wildman–Crippen MR) is 70.4 cm³/mol. The largest absolute Gasteiger partial charge is 0.508 e. The van der Waals surface area contributed by atoms with Gasteiger partial charge >= 0.3 is 0 Å². The fourth-order valence-electron chi connectivity index (χ4n) is 2.33. The van der Waals surface area contributed by atoms with E-state index in [-0.39, 0.29) is 24.1 Å². The van der Waals surface area contributed by atoms with Gasteiger partial charge < -0.3 is 15.7 Å². The highest BCUT2D eigenvalue weighted by Crippen LogP contribution is 2.16. The molecule has 1 aliphatic heterocycles. The van der Waals surface area contributed by atoms with Crippen molar-refractivity contribution in [3.63, 3.8) is 0 Å². The molecule has 1 amide bonds.